The highest BCUT2D eigenvalue weighted by atomic mass is 32.1. The van der Waals surface area contributed by atoms with Crippen molar-refractivity contribution in [2.45, 2.75) is 33.9 Å². The van der Waals surface area contributed by atoms with Gasteiger partial charge in [0.25, 0.3) is 5.56 Å². The largest absolute Gasteiger partial charge is 0.467 e. The second kappa shape index (κ2) is 8.39. The van der Waals surface area contributed by atoms with Crippen molar-refractivity contribution in [3.63, 3.8) is 0 Å². The molecule has 5 nitrogen and oxygen atoms in total. The van der Waals surface area contributed by atoms with E-state index in [1.165, 1.54) is 0 Å². The molecule has 142 valence electrons. The summed E-state index contributed by atoms with van der Waals surface area (Å²) in [6.45, 7) is 7.94. The van der Waals surface area contributed by atoms with Crippen LogP contribution in [0.2, 0.25) is 0 Å². The molecule has 0 aliphatic rings. The number of hydrogen-bond acceptors (Lipinski definition) is 3. The molecule has 1 aromatic carbocycles. The van der Waals surface area contributed by atoms with Crippen molar-refractivity contribution >= 4 is 28.2 Å². The van der Waals surface area contributed by atoms with Gasteiger partial charge in [0.05, 0.1) is 24.9 Å². The molecule has 3 aromatic rings. The lowest BCUT2D eigenvalue weighted by atomic mass is 10.1. The minimum Gasteiger partial charge on any atom is -0.467 e. The van der Waals surface area contributed by atoms with Gasteiger partial charge in [-0.15, -0.1) is 0 Å². The highest BCUT2D eigenvalue weighted by Crippen LogP contribution is 2.17. The van der Waals surface area contributed by atoms with E-state index in [9.17, 15) is 4.79 Å². The third-order valence-electron chi connectivity index (χ3n) is 4.40. The Hall–Kier alpha value is -2.60. The summed E-state index contributed by atoms with van der Waals surface area (Å²) in [5, 5.41) is 4.92. The first-order valence-electron chi connectivity index (χ1n) is 9.10. The van der Waals surface area contributed by atoms with Crippen molar-refractivity contribution in [3.05, 3.63) is 69.9 Å². The molecule has 3 rings (SSSR count). The van der Waals surface area contributed by atoms with Gasteiger partial charge in [0.2, 0.25) is 0 Å². The molecule has 0 aliphatic carbocycles. The van der Waals surface area contributed by atoms with Crippen molar-refractivity contribution < 1.29 is 4.42 Å². The lowest BCUT2D eigenvalue weighted by molar-refractivity contribution is 0.348. The minimum absolute atomic E-state index is 0.0899. The standard InChI is InChI=1S/C21H25N3O2S/c1-14(2)11-22-21(27)24(13-18-8-5-9-26-18)12-17-10-16-7-4-6-15(3)19(16)23-20(17)25/h4-10,14H,11-13H2,1-3H3,(H,22,27)(H,23,25). The second-order valence-electron chi connectivity index (χ2n) is 7.18. The normalized spacial score (nSPS) is 11.1. The molecule has 0 fully saturated rings. The van der Waals surface area contributed by atoms with Crippen molar-refractivity contribution in [1.29, 1.82) is 0 Å². The molecule has 0 spiro atoms. The lowest BCUT2D eigenvalue weighted by Crippen LogP contribution is -2.41. The van der Waals surface area contributed by atoms with Crippen LogP contribution in [0, 0.1) is 12.8 Å². The van der Waals surface area contributed by atoms with Crippen LogP contribution in [-0.4, -0.2) is 21.5 Å². The third-order valence-corrected chi connectivity index (χ3v) is 4.80. The molecule has 2 heterocycles. The molecule has 0 radical (unpaired) electrons. The summed E-state index contributed by atoms with van der Waals surface area (Å²) >= 11 is 5.59. The smallest absolute Gasteiger partial charge is 0.253 e. The van der Waals surface area contributed by atoms with Crippen LogP contribution in [-0.2, 0) is 13.1 Å². The maximum absolute atomic E-state index is 12.6. The molecule has 0 bridgehead atoms. The molecule has 0 atom stereocenters. The number of rotatable bonds is 6. The van der Waals surface area contributed by atoms with Crippen molar-refractivity contribution in [3.8, 4) is 0 Å². The summed E-state index contributed by atoms with van der Waals surface area (Å²) in [5.74, 6) is 1.28. The molecule has 0 saturated heterocycles. The number of para-hydroxylation sites is 1. The number of nitrogens with one attached hydrogen (secondary N) is 2. The second-order valence-corrected chi connectivity index (χ2v) is 7.56. The average Bonchev–Trinajstić information content (AvgIpc) is 3.13. The summed E-state index contributed by atoms with van der Waals surface area (Å²) in [5.41, 5.74) is 2.52. The number of benzene rings is 1. The molecule has 27 heavy (non-hydrogen) atoms. The summed E-state index contributed by atoms with van der Waals surface area (Å²) in [7, 11) is 0. The number of pyridine rings is 1. The van der Waals surface area contributed by atoms with Gasteiger partial charge >= 0.3 is 0 Å². The average molecular weight is 384 g/mol. The van der Waals surface area contributed by atoms with Crippen LogP contribution in [0.4, 0.5) is 0 Å². The third kappa shape index (κ3) is 4.77. The Morgan fingerprint density at radius 1 is 1.26 bits per heavy atom. The number of aromatic nitrogens is 1. The number of aromatic amines is 1. The van der Waals surface area contributed by atoms with Gasteiger partial charge in [-0.2, -0.15) is 0 Å². The van der Waals surface area contributed by atoms with Gasteiger partial charge in [0, 0.05) is 12.1 Å². The van der Waals surface area contributed by atoms with Crippen molar-refractivity contribution in [2.24, 2.45) is 5.92 Å². The molecular formula is C21H25N3O2S. The summed E-state index contributed by atoms with van der Waals surface area (Å²) in [4.78, 5) is 17.6. The zero-order chi connectivity index (χ0) is 19.4. The number of aryl methyl sites for hydroxylation is 1. The summed E-state index contributed by atoms with van der Waals surface area (Å²) < 4.78 is 5.48. The first-order valence-corrected chi connectivity index (χ1v) is 9.51. The van der Waals surface area contributed by atoms with Gasteiger partial charge in [-0.25, -0.2) is 0 Å². The van der Waals surface area contributed by atoms with Gasteiger partial charge in [0.15, 0.2) is 5.11 Å². The van der Waals surface area contributed by atoms with E-state index in [0.717, 1.165) is 28.8 Å². The van der Waals surface area contributed by atoms with Gasteiger partial charge in [0.1, 0.15) is 5.76 Å². The molecular weight excluding hydrogens is 358 g/mol. The fraction of sp³-hybridized carbons (Fsp3) is 0.333. The zero-order valence-corrected chi connectivity index (χ0v) is 16.7. The van der Waals surface area contributed by atoms with E-state index in [1.807, 2.05) is 48.2 Å². The molecule has 0 amide bonds. The molecule has 2 aromatic heterocycles. The minimum atomic E-state index is -0.0899. The number of thiocarbonyl (C=S) groups is 1. The Kier molecular flexibility index (Phi) is 5.96. The fourth-order valence-corrected chi connectivity index (χ4v) is 3.16. The highest BCUT2D eigenvalue weighted by Gasteiger charge is 2.15. The van der Waals surface area contributed by atoms with E-state index in [2.05, 4.69) is 24.1 Å². The van der Waals surface area contributed by atoms with Crippen molar-refractivity contribution in [2.75, 3.05) is 6.54 Å². The zero-order valence-electron chi connectivity index (χ0n) is 15.9. The SMILES string of the molecule is Cc1cccc2cc(CN(Cc3ccco3)C(=S)NCC(C)C)c(=O)[nH]c12. The molecule has 6 heteroatoms. The Morgan fingerprint density at radius 2 is 2.07 bits per heavy atom. The van der Waals surface area contributed by atoms with Crippen LogP contribution in [0.5, 0.6) is 0 Å². The maximum Gasteiger partial charge on any atom is 0.253 e. The number of nitrogens with zero attached hydrogens (tertiary/aromatic N) is 1. The van der Waals surface area contributed by atoms with Crippen LogP contribution in [0.1, 0.15) is 30.7 Å². The van der Waals surface area contributed by atoms with Crippen LogP contribution < -0.4 is 10.9 Å². The van der Waals surface area contributed by atoms with E-state index >= 15 is 0 Å². The van der Waals surface area contributed by atoms with E-state index in [1.54, 1.807) is 6.26 Å². The summed E-state index contributed by atoms with van der Waals surface area (Å²) in [6.07, 6.45) is 1.64. The van der Waals surface area contributed by atoms with Crippen LogP contribution in [0.3, 0.4) is 0 Å². The van der Waals surface area contributed by atoms with Crippen LogP contribution in [0.25, 0.3) is 10.9 Å². The van der Waals surface area contributed by atoms with Crippen LogP contribution >= 0.6 is 12.2 Å². The molecule has 0 unspecified atom stereocenters. The van der Waals surface area contributed by atoms with E-state index < -0.39 is 0 Å². The monoisotopic (exact) mass is 383 g/mol. The lowest BCUT2D eigenvalue weighted by Gasteiger charge is -2.25. The molecule has 0 aliphatic heterocycles. The maximum atomic E-state index is 12.6. The Balaban J connectivity index is 1.88. The first kappa shape index (κ1) is 19.2. The number of furan rings is 1. The molecule has 0 saturated carbocycles. The predicted octanol–water partition coefficient (Wildman–Crippen LogP) is 3.96. The molecule has 2 N–H and O–H groups in total. The number of fused-ring (bicyclic) bond motifs is 1. The quantitative estimate of drug-likeness (QED) is 0.631. The Morgan fingerprint density at radius 3 is 2.78 bits per heavy atom. The van der Waals surface area contributed by atoms with E-state index in [4.69, 9.17) is 16.6 Å². The highest BCUT2D eigenvalue weighted by molar-refractivity contribution is 7.80. The predicted molar refractivity (Wildman–Crippen MR) is 113 cm³/mol. The van der Waals surface area contributed by atoms with E-state index in [0.29, 0.717) is 29.7 Å². The fourth-order valence-electron chi connectivity index (χ4n) is 2.95. The van der Waals surface area contributed by atoms with Gasteiger partial charge in [-0.05, 0) is 54.2 Å². The first-order chi connectivity index (χ1) is 12.9. The van der Waals surface area contributed by atoms with Gasteiger partial charge in [-0.3, -0.25) is 4.79 Å². The van der Waals surface area contributed by atoms with E-state index in [-0.39, 0.29) is 5.56 Å². The van der Waals surface area contributed by atoms with Gasteiger partial charge < -0.3 is 19.6 Å². The van der Waals surface area contributed by atoms with Crippen molar-refractivity contribution in [1.82, 2.24) is 15.2 Å². The Bertz CT molecular complexity index is 977. The Labute approximate surface area is 164 Å². The van der Waals surface area contributed by atoms with Crippen LogP contribution in [0.15, 0.2) is 51.9 Å². The van der Waals surface area contributed by atoms with Gasteiger partial charge in [-0.1, -0.05) is 32.0 Å². The summed E-state index contributed by atoms with van der Waals surface area (Å²) in [6, 6.07) is 11.7. The number of H-pyrrole nitrogens is 1. The number of hydrogen-bond donors (Lipinski definition) is 2. The topological polar surface area (TPSA) is 61.3 Å².